The van der Waals surface area contributed by atoms with Gasteiger partial charge in [0.2, 0.25) is 0 Å². The maximum absolute atomic E-state index is 6.71. The van der Waals surface area contributed by atoms with Gasteiger partial charge in [-0.1, -0.05) is 42.5 Å². The van der Waals surface area contributed by atoms with Crippen LogP contribution in [0.4, 0.5) is 0 Å². The lowest BCUT2D eigenvalue weighted by atomic mass is 9.92. The second kappa shape index (κ2) is 14.6. The van der Waals surface area contributed by atoms with Crippen LogP contribution in [-0.2, 0) is 6.42 Å². The van der Waals surface area contributed by atoms with Crippen LogP contribution in [0.1, 0.15) is 50.8 Å². The molecular weight excluding hydrogens is 452 g/mol. The molecule has 198 valence electrons. The van der Waals surface area contributed by atoms with Gasteiger partial charge in [-0.2, -0.15) is 0 Å². The summed E-state index contributed by atoms with van der Waals surface area (Å²) < 4.78 is 11.4. The number of ether oxygens (including phenoxy) is 2. The highest BCUT2D eigenvalue weighted by molar-refractivity contribution is 5.88. The third kappa shape index (κ3) is 8.60. The predicted molar refractivity (Wildman–Crippen MR) is 146 cm³/mol. The van der Waals surface area contributed by atoms with Crippen molar-refractivity contribution < 1.29 is 9.47 Å². The van der Waals surface area contributed by atoms with E-state index in [0.29, 0.717) is 24.0 Å². The molecule has 2 aromatic rings. The Hall–Kier alpha value is -2.97. The zero-order valence-corrected chi connectivity index (χ0v) is 22.5. The minimum Gasteiger partial charge on any atom is -0.493 e. The molecule has 1 fully saturated rings. The molecule has 0 bridgehead atoms. The number of piperidine rings is 1. The van der Waals surface area contributed by atoms with Crippen LogP contribution in [0.25, 0.3) is 0 Å². The Bertz CT molecular complexity index is 937. The fraction of sp³-hybridized carbons (Fsp3) is 0.536. The molecule has 1 aliphatic heterocycles. The molecule has 1 heterocycles. The number of aliphatic imine (C=N–C) groups is 1. The van der Waals surface area contributed by atoms with Crippen molar-refractivity contribution in [1.29, 1.82) is 11.1 Å². The zero-order chi connectivity index (χ0) is 26.6. The van der Waals surface area contributed by atoms with Gasteiger partial charge in [0, 0.05) is 17.6 Å². The van der Waals surface area contributed by atoms with E-state index in [1.807, 2.05) is 18.2 Å². The normalized spacial score (nSPS) is 16.1. The molecule has 1 unspecified atom stereocenters. The van der Waals surface area contributed by atoms with E-state index in [1.165, 1.54) is 5.56 Å². The zero-order valence-electron chi connectivity index (χ0n) is 22.5. The lowest BCUT2D eigenvalue weighted by molar-refractivity contribution is 0.155. The van der Waals surface area contributed by atoms with Crippen molar-refractivity contribution in [1.82, 2.24) is 10.2 Å². The SMILES string of the molecule is COc1cccc(C(C(N)=NCCc2ccccc2)N2CCC(CNC(C)(C)C)CC2)c1OC.N=N. The van der Waals surface area contributed by atoms with Gasteiger partial charge in [-0.25, -0.2) is 11.1 Å². The summed E-state index contributed by atoms with van der Waals surface area (Å²) in [6.07, 6.45) is 3.12. The van der Waals surface area contributed by atoms with Gasteiger partial charge in [-0.05, 0) is 77.2 Å². The first-order valence-corrected chi connectivity index (χ1v) is 12.6. The number of rotatable bonds is 10. The number of benzene rings is 2. The molecule has 3 rings (SSSR count). The van der Waals surface area contributed by atoms with E-state index < -0.39 is 0 Å². The average Bonchev–Trinajstić information content (AvgIpc) is 2.89. The third-order valence-electron chi connectivity index (χ3n) is 6.48. The van der Waals surface area contributed by atoms with Crippen molar-refractivity contribution in [3.63, 3.8) is 0 Å². The second-order valence-electron chi connectivity index (χ2n) is 10.1. The van der Waals surface area contributed by atoms with Gasteiger partial charge in [0.05, 0.1) is 20.3 Å². The van der Waals surface area contributed by atoms with Crippen LogP contribution in [0.15, 0.2) is 53.5 Å². The van der Waals surface area contributed by atoms with Gasteiger partial charge in [0.25, 0.3) is 0 Å². The van der Waals surface area contributed by atoms with Crippen molar-refractivity contribution in [2.45, 2.75) is 51.6 Å². The first kappa shape index (κ1) is 29.3. The summed E-state index contributed by atoms with van der Waals surface area (Å²) in [4.78, 5) is 7.28. The van der Waals surface area contributed by atoms with Crippen molar-refractivity contribution in [2.24, 2.45) is 16.6 Å². The Morgan fingerprint density at radius 1 is 1.06 bits per heavy atom. The van der Waals surface area contributed by atoms with Crippen LogP contribution in [0.2, 0.25) is 0 Å². The number of methoxy groups -OCH3 is 2. The van der Waals surface area contributed by atoms with Gasteiger partial charge >= 0.3 is 0 Å². The number of hydrogen-bond acceptors (Lipinski definition) is 7. The van der Waals surface area contributed by atoms with Gasteiger partial charge in [-0.3, -0.25) is 9.89 Å². The molecule has 0 saturated carbocycles. The maximum atomic E-state index is 6.71. The lowest BCUT2D eigenvalue weighted by Crippen LogP contribution is -2.46. The Balaban J connectivity index is 0.00000222. The summed E-state index contributed by atoms with van der Waals surface area (Å²) >= 11 is 0. The van der Waals surface area contributed by atoms with E-state index in [-0.39, 0.29) is 11.6 Å². The molecule has 1 saturated heterocycles. The molecule has 5 N–H and O–H groups in total. The number of amidine groups is 1. The average molecular weight is 497 g/mol. The number of likely N-dealkylation sites (tertiary alicyclic amines) is 1. The van der Waals surface area contributed by atoms with Crippen LogP contribution < -0.4 is 20.5 Å². The van der Waals surface area contributed by atoms with Gasteiger partial charge in [-0.15, -0.1) is 0 Å². The van der Waals surface area contributed by atoms with Crippen molar-refractivity contribution in [2.75, 3.05) is 40.4 Å². The summed E-state index contributed by atoms with van der Waals surface area (Å²) in [5.74, 6) is 2.74. The molecule has 36 heavy (non-hydrogen) atoms. The first-order chi connectivity index (χ1) is 17.3. The molecule has 0 aliphatic carbocycles. The highest BCUT2D eigenvalue weighted by atomic mass is 16.5. The highest BCUT2D eigenvalue weighted by Gasteiger charge is 2.31. The molecule has 0 spiro atoms. The summed E-state index contributed by atoms with van der Waals surface area (Å²) in [6, 6.07) is 16.3. The van der Waals surface area contributed by atoms with Crippen LogP contribution >= 0.6 is 0 Å². The number of nitrogens with zero attached hydrogens (tertiary/aromatic N) is 2. The summed E-state index contributed by atoms with van der Waals surface area (Å²) in [5, 5.41) is 3.66. The van der Waals surface area contributed by atoms with Crippen LogP contribution in [0.5, 0.6) is 11.5 Å². The highest BCUT2D eigenvalue weighted by Crippen LogP contribution is 2.38. The Kier molecular flexibility index (Phi) is 11.8. The molecule has 1 atom stereocenters. The minimum atomic E-state index is -0.141. The van der Waals surface area contributed by atoms with E-state index in [4.69, 9.17) is 31.3 Å². The van der Waals surface area contributed by atoms with Crippen molar-refractivity contribution in [3.05, 3.63) is 59.7 Å². The smallest absolute Gasteiger partial charge is 0.165 e. The fourth-order valence-electron chi connectivity index (χ4n) is 4.58. The van der Waals surface area contributed by atoms with Gasteiger partial charge in [0.15, 0.2) is 11.5 Å². The summed E-state index contributed by atoms with van der Waals surface area (Å²) in [5.41, 5.74) is 19.1. The molecule has 0 aromatic heterocycles. The monoisotopic (exact) mass is 496 g/mol. The molecule has 8 nitrogen and oxygen atoms in total. The summed E-state index contributed by atoms with van der Waals surface area (Å²) in [7, 11) is 3.35. The number of hydrogen-bond donors (Lipinski definition) is 4. The second-order valence-corrected chi connectivity index (χ2v) is 10.1. The molecule has 1 aliphatic rings. The topological polar surface area (TPSA) is 120 Å². The molecular formula is C28H44N6O2. The first-order valence-electron chi connectivity index (χ1n) is 12.6. The van der Waals surface area contributed by atoms with Crippen LogP contribution in [0, 0.1) is 17.0 Å². The molecule has 2 aromatic carbocycles. The quantitative estimate of drug-likeness (QED) is 0.209. The summed E-state index contributed by atoms with van der Waals surface area (Å²) in [6.45, 7) is 10.3. The van der Waals surface area contributed by atoms with E-state index >= 15 is 0 Å². The molecule has 0 radical (unpaired) electrons. The van der Waals surface area contributed by atoms with Crippen LogP contribution in [-0.4, -0.2) is 56.7 Å². The minimum absolute atomic E-state index is 0.141. The van der Waals surface area contributed by atoms with E-state index in [2.05, 4.69) is 61.3 Å². The number of nitrogens with two attached hydrogens (primary N) is 1. The number of nitrogens with one attached hydrogen (secondary N) is 3. The van der Waals surface area contributed by atoms with E-state index in [1.54, 1.807) is 14.2 Å². The Morgan fingerprint density at radius 3 is 2.31 bits per heavy atom. The van der Waals surface area contributed by atoms with Crippen molar-refractivity contribution in [3.8, 4) is 11.5 Å². The molecule has 0 amide bonds. The van der Waals surface area contributed by atoms with E-state index in [9.17, 15) is 0 Å². The van der Waals surface area contributed by atoms with Gasteiger partial charge in [0.1, 0.15) is 5.84 Å². The largest absolute Gasteiger partial charge is 0.493 e. The third-order valence-corrected chi connectivity index (χ3v) is 6.48. The van der Waals surface area contributed by atoms with Gasteiger partial charge < -0.3 is 20.5 Å². The Labute approximate surface area is 216 Å². The fourth-order valence-corrected chi connectivity index (χ4v) is 4.58. The van der Waals surface area contributed by atoms with Crippen molar-refractivity contribution >= 4 is 5.84 Å². The van der Waals surface area contributed by atoms with E-state index in [0.717, 1.165) is 50.2 Å². The lowest BCUT2D eigenvalue weighted by Gasteiger charge is -2.38. The predicted octanol–water partition coefficient (Wildman–Crippen LogP) is 5.04. The molecule has 8 heteroatoms. The Morgan fingerprint density at radius 2 is 1.72 bits per heavy atom. The standard InChI is InChI=1S/C28H42N4O2.H2N2/c1-28(2,3)31-20-22-15-18-32(19-16-22)25(23-12-9-13-24(33-4)26(23)34-5)27(29)30-17-14-21-10-7-6-8-11-21;1-2/h6-13,22,25,31H,14-20H2,1-5H3,(H2,29,30);1-2H. The van der Waals surface area contributed by atoms with Crippen LogP contribution in [0.3, 0.4) is 0 Å². The maximum Gasteiger partial charge on any atom is 0.165 e. The number of para-hydroxylation sites is 1.